The van der Waals surface area contributed by atoms with E-state index in [0.717, 1.165) is 37.8 Å². The number of hydrogen-bond donors (Lipinski definition) is 3. The Kier molecular flexibility index (Phi) is 8.20. The second-order valence-electron chi connectivity index (χ2n) is 8.89. The number of hydrogen-bond acceptors (Lipinski definition) is 5. The number of benzene rings is 1. The summed E-state index contributed by atoms with van der Waals surface area (Å²) in [6, 6.07) is 7.34. The molecule has 1 aliphatic rings. The number of amides is 1. The number of anilines is 1. The minimum Gasteiger partial charge on any atom is -0.506 e. The second kappa shape index (κ2) is 10.4. The van der Waals surface area contributed by atoms with E-state index in [1.807, 2.05) is 39.0 Å². The summed E-state index contributed by atoms with van der Waals surface area (Å²) in [5.41, 5.74) is 0.337. The van der Waals surface area contributed by atoms with Crippen molar-refractivity contribution in [3.8, 4) is 5.75 Å². The Balaban J connectivity index is 1.89. The first-order valence-electron chi connectivity index (χ1n) is 10.6. The van der Waals surface area contributed by atoms with Crippen LogP contribution in [0, 0.1) is 5.92 Å². The van der Waals surface area contributed by atoms with Crippen LogP contribution < -0.4 is 15.5 Å². The molecule has 0 saturated carbocycles. The zero-order valence-corrected chi connectivity index (χ0v) is 19.1. The molecule has 0 bridgehead atoms. The topological polar surface area (TPSA) is 89.4 Å². The Morgan fingerprint density at radius 3 is 2.37 bits per heavy atom. The molecule has 0 spiro atoms. The van der Waals surface area contributed by atoms with Crippen molar-refractivity contribution in [3.63, 3.8) is 0 Å². The van der Waals surface area contributed by atoms with Gasteiger partial charge in [-0.2, -0.15) is 0 Å². The smallest absolute Gasteiger partial charge is 0.407 e. The number of nitrogens with one attached hydrogen (secondary N) is 2. The lowest BCUT2D eigenvalue weighted by Crippen LogP contribution is -2.55. The Bertz CT molecular complexity index is 722. The molecule has 0 radical (unpaired) electrons. The maximum atomic E-state index is 12.2. The number of aliphatic imine (C=N–C) groups is 1. The highest BCUT2D eigenvalue weighted by molar-refractivity contribution is 5.80. The third-order valence-corrected chi connectivity index (χ3v) is 5.00. The van der Waals surface area contributed by atoms with Gasteiger partial charge >= 0.3 is 6.09 Å². The minimum absolute atomic E-state index is 0.0841. The highest BCUT2D eigenvalue weighted by atomic mass is 16.6. The lowest BCUT2D eigenvalue weighted by Gasteiger charge is -2.38. The van der Waals surface area contributed by atoms with Crippen molar-refractivity contribution in [2.24, 2.45) is 10.9 Å². The minimum atomic E-state index is -0.526. The molecule has 1 unspecified atom stereocenters. The van der Waals surface area contributed by atoms with Crippen LogP contribution in [-0.4, -0.2) is 73.5 Å². The number of nitrogens with zero attached hydrogens (tertiary/aromatic N) is 3. The van der Waals surface area contributed by atoms with E-state index < -0.39 is 11.7 Å². The maximum absolute atomic E-state index is 12.2. The van der Waals surface area contributed by atoms with Gasteiger partial charge in [-0.1, -0.05) is 26.0 Å². The molecular formula is C22H37N5O3. The number of ether oxygens (including phenoxy) is 1. The van der Waals surface area contributed by atoms with Crippen LogP contribution in [0.15, 0.2) is 29.3 Å². The summed E-state index contributed by atoms with van der Waals surface area (Å²) in [5.74, 6) is 1.35. The van der Waals surface area contributed by atoms with Gasteiger partial charge in [0.15, 0.2) is 5.96 Å². The first-order chi connectivity index (χ1) is 14.1. The van der Waals surface area contributed by atoms with Gasteiger partial charge in [-0.3, -0.25) is 4.99 Å². The van der Waals surface area contributed by atoms with Crippen LogP contribution in [0.5, 0.6) is 5.75 Å². The zero-order chi connectivity index (χ0) is 22.3. The van der Waals surface area contributed by atoms with Crippen molar-refractivity contribution >= 4 is 17.7 Å². The van der Waals surface area contributed by atoms with E-state index in [4.69, 9.17) is 4.74 Å². The molecule has 8 nitrogen and oxygen atoms in total. The van der Waals surface area contributed by atoms with Gasteiger partial charge in [0.1, 0.15) is 11.4 Å². The summed E-state index contributed by atoms with van der Waals surface area (Å²) in [4.78, 5) is 21.0. The van der Waals surface area contributed by atoms with Crippen LogP contribution in [0.25, 0.3) is 0 Å². The van der Waals surface area contributed by atoms with Gasteiger partial charge in [0.05, 0.1) is 11.7 Å². The number of carbonyl (C=O) groups excluding carboxylic acids is 1. The average Bonchev–Trinajstić information content (AvgIpc) is 2.67. The van der Waals surface area contributed by atoms with Crippen LogP contribution in [0.3, 0.4) is 0 Å². The lowest BCUT2D eigenvalue weighted by atomic mass is 10.0. The zero-order valence-electron chi connectivity index (χ0n) is 19.1. The fourth-order valence-corrected chi connectivity index (χ4v) is 3.34. The number of guanidine groups is 1. The molecule has 1 saturated heterocycles. The molecule has 168 valence electrons. The van der Waals surface area contributed by atoms with Crippen molar-refractivity contribution < 1.29 is 14.6 Å². The van der Waals surface area contributed by atoms with E-state index in [0.29, 0.717) is 12.3 Å². The molecule has 1 aromatic rings. The Labute approximate surface area is 180 Å². The maximum Gasteiger partial charge on any atom is 0.407 e. The number of piperazine rings is 1. The van der Waals surface area contributed by atoms with E-state index in [2.05, 4.69) is 39.3 Å². The largest absolute Gasteiger partial charge is 0.506 e. The highest BCUT2D eigenvalue weighted by Crippen LogP contribution is 2.27. The van der Waals surface area contributed by atoms with Crippen molar-refractivity contribution in [2.75, 3.05) is 44.7 Å². The van der Waals surface area contributed by atoms with E-state index in [9.17, 15) is 9.90 Å². The van der Waals surface area contributed by atoms with Crippen molar-refractivity contribution in [3.05, 3.63) is 24.3 Å². The normalized spacial score (nSPS) is 16.4. The fraction of sp³-hybridized carbons (Fsp3) is 0.636. The second-order valence-corrected chi connectivity index (χ2v) is 8.89. The van der Waals surface area contributed by atoms with Gasteiger partial charge in [0.2, 0.25) is 0 Å². The SMILES string of the molecule is CN=C(NCC(NC(=O)OC(C)(C)C)C(C)C)N1CCN(c2ccccc2O)CC1. The summed E-state index contributed by atoms with van der Waals surface area (Å²) in [5, 5.41) is 16.4. The van der Waals surface area contributed by atoms with Gasteiger partial charge in [-0.25, -0.2) is 4.79 Å². The molecule has 30 heavy (non-hydrogen) atoms. The molecule has 8 heteroatoms. The molecule has 1 aromatic carbocycles. The third-order valence-electron chi connectivity index (χ3n) is 5.00. The monoisotopic (exact) mass is 419 g/mol. The summed E-state index contributed by atoms with van der Waals surface area (Å²) < 4.78 is 5.39. The molecule has 1 heterocycles. The van der Waals surface area contributed by atoms with E-state index in [1.54, 1.807) is 13.1 Å². The van der Waals surface area contributed by atoms with Crippen molar-refractivity contribution in [1.82, 2.24) is 15.5 Å². The van der Waals surface area contributed by atoms with Crippen molar-refractivity contribution in [1.29, 1.82) is 0 Å². The van der Waals surface area contributed by atoms with Gasteiger partial charge in [0.25, 0.3) is 0 Å². The molecule has 1 amide bonds. The van der Waals surface area contributed by atoms with E-state index >= 15 is 0 Å². The summed E-state index contributed by atoms with van der Waals surface area (Å²) in [7, 11) is 1.77. The van der Waals surface area contributed by atoms with E-state index in [1.165, 1.54) is 0 Å². The summed E-state index contributed by atoms with van der Waals surface area (Å²) in [6.45, 7) is 13.4. The van der Waals surface area contributed by atoms with E-state index in [-0.39, 0.29) is 12.0 Å². The Morgan fingerprint density at radius 2 is 1.83 bits per heavy atom. The molecule has 2 rings (SSSR count). The molecule has 1 atom stereocenters. The number of rotatable bonds is 5. The predicted molar refractivity (Wildman–Crippen MR) is 121 cm³/mol. The molecule has 3 N–H and O–H groups in total. The van der Waals surface area contributed by atoms with Crippen molar-refractivity contribution in [2.45, 2.75) is 46.3 Å². The van der Waals surface area contributed by atoms with Crippen LogP contribution in [0.1, 0.15) is 34.6 Å². The number of para-hydroxylation sites is 2. The molecular weight excluding hydrogens is 382 g/mol. The quantitative estimate of drug-likeness (QED) is 0.502. The fourth-order valence-electron chi connectivity index (χ4n) is 3.34. The number of phenolic OH excluding ortho intramolecular Hbond substituents is 1. The molecule has 0 aliphatic carbocycles. The lowest BCUT2D eigenvalue weighted by molar-refractivity contribution is 0.0491. The van der Waals surface area contributed by atoms with Gasteiger partial charge < -0.3 is 30.3 Å². The van der Waals surface area contributed by atoms with Gasteiger partial charge in [-0.05, 0) is 38.8 Å². The number of aromatic hydroxyl groups is 1. The third kappa shape index (κ3) is 7.00. The van der Waals surface area contributed by atoms with Crippen LogP contribution >= 0.6 is 0 Å². The highest BCUT2D eigenvalue weighted by Gasteiger charge is 2.24. The first kappa shape index (κ1) is 23.6. The predicted octanol–water partition coefficient (Wildman–Crippen LogP) is 2.64. The Hall–Kier alpha value is -2.64. The number of carbonyl (C=O) groups is 1. The summed E-state index contributed by atoms with van der Waals surface area (Å²) >= 11 is 0. The van der Waals surface area contributed by atoms with Crippen LogP contribution in [0.4, 0.5) is 10.5 Å². The van der Waals surface area contributed by atoms with Crippen LogP contribution in [-0.2, 0) is 4.74 Å². The Morgan fingerprint density at radius 1 is 1.20 bits per heavy atom. The van der Waals surface area contributed by atoms with Crippen LogP contribution in [0.2, 0.25) is 0 Å². The summed E-state index contributed by atoms with van der Waals surface area (Å²) in [6.07, 6.45) is -0.408. The molecule has 1 aliphatic heterocycles. The first-order valence-corrected chi connectivity index (χ1v) is 10.6. The average molecular weight is 420 g/mol. The number of alkyl carbamates (subject to hydrolysis) is 1. The van der Waals surface area contributed by atoms with Gasteiger partial charge in [0, 0.05) is 39.8 Å². The molecule has 1 fully saturated rings. The number of phenols is 1. The van der Waals surface area contributed by atoms with Gasteiger partial charge in [-0.15, -0.1) is 0 Å². The molecule has 0 aromatic heterocycles. The standard InChI is InChI=1S/C22H37N5O3/c1-16(2)17(25-21(29)30-22(3,4)5)15-24-20(23-6)27-13-11-26(12-14-27)18-9-7-8-10-19(18)28/h7-10,16-17,28H,11-15H2,1-6H3,(H,23,24)(H,25,29).